The molecule has 1 aliphatic rings. The van der Waals surface area contributed by atoms with Gasteiger partial charge in [-0.3, -0.25) is 10.1 Å². The lowest BCUT2D eigenvalue weighted by molar-refractivity contribution is -0.132. The summed E-state index contributed by atoms with van der Waals surface area (Å²) >= 11 is 6.09. The van der Waals surface area contributed by atoms with Crippen LogP contribution in [0.3, 0.4) is 0 Å². The van der Waals surface area contributed by atoms with Crippen molar-refractivity contribution in [3.8, 4) is 0 Å². The van der Waals surface area contributed by atoms with Crippen LogP contribution < -0.4 is 5.32 Å². The topological polar surface area (TPSA) is 35.6 Å². The predicted octanol–water partition coefficient (Wildman–Crippen LogP) is 2.50. The van der Waals surface area contributed by atoms with E-state index in [1.54, 1.807) is 0 Å². The summed E-state index contributed by atoms with van der Waals surface area (Å²) < 4.78 is 0. The molecule has 1 fully saturated rings. The van der Waals surface area contributed by atoms with Crippen molar-refractivity contribution in [1.29, 1.82) is 0 Å². The third-order valence-electron chi connectivity index (χ3n) is 3.94. The van der Waals surface area contributed by atoms with E-state index in [1.165, 1.54) is 0 Å². The van der Waals surface area contributed by atoms with Gasteiger partial charge in [-0.2, -0.15) is 0 Å². The average molecular weight is 310 g/mol. The fourth-order valence-corrected chi connectivity index (χ4v) is 2.93. The number of amides is 1. The van der Waals surface area contributed by atoms with Crippen molar-refractivity contribution in [2.75, 3.05) is 20.6 Å². The minimum Gasteiger partial charge on any atom is -0.319 e. The highest BCUT2D eigenvalue weighted by atomic mass is 35.5. The zero-order valence-corrected chi connectivity index (χ0v) is 13.9. The lowest BCUT2D eigenvalue weighted by Gasteiger charge is -2.31. The first-order valence-electron chi connectivity index (χ1n) is 7.38. The molecule has 1 heterocycles. The summed E-state index contributed by atoms with van der Waals surface area (Å²) in [6, 6.07) is 7.74. The Hall–Kier alpha value is -1.10. The van der Waals surface area contributed by atoms with Crippen molar-refractivity contribution in [3.05, 3.63) is 34.9 Å². The Balaban J connectivity index is 2.20. The summed E-state index contributed by atoms with van der Waals surface area (Å²) in [7, 11) is 4.10. The Morgan fingerprint density at radius 3 is 2.76 bits per heavy atom. The molecule has 1 saturated heterocycles. The second-order valence-electron chi connectivity index (χ2n) is 6.03. The van der Waals surface area contributed by atoms with E-state index in [0.717, 1.165) is 18.5 Å². The standard InChI is InChI=1S/C16H24ClN3O/c1-11(8-9-19(3)4)20-15(18-12(2)16(20)21)13-6-5-7-14(17)10-13/h5-7,10-12,15,18H,8-9H2,1-4H3. The minimum absolute atomic E-state index is 0.0941. The molecular formula is C16H24ClN3O. The van der Waals surface area contributed by atoms with Gasteiger partial charge in [-0.1, -0.05) is 23.7 Å². The van der Waals surface area contributed by atoms with Crippen molar-refractivity contribution in [2.45, 2.75) is 38.5 Å². The monoisotopic (exact) mass is 309 g/mol. The molecule has 0 saturated carbocycles. The van der Waals surface area contributed by atoms with Crippen LogP contribution in [0.2, 0.25) is 5.02 Å². The van der Waals surface area contributed by atoms with E-state index < -0.39 is 0 Å². The molecule has 116 valence electrons. The molecule has 5 heteroatoms. The van der Waals surface area contributed by atoms with Gasteiger partial charge in [-0.05, 0) is 58.6 Å². The fraction of sp³-hybridized carbons (Fsp3) is 0.562. The van der Waals surface area contributed by atoms with E-state index in [1.807, 2.05) is 50.2 Å². The van der Waals surface area contributed by atoms with E-state index in [4.69, 9.17) is 11.6 Å². The van der Waals surface area contributed by atoms with Gasteiger partial charge in [0, 0.05) is 11.1 Å². The van der Waals surface area contributed by atoms with Gasteiger partial charge >= 0.3 is 0 Å². The highest BCUT2D eigenvalue weighted by Crippen LogP contribution is 2.29. The van der Waals surface area contributed by atoms with Crippen LogP contribution in [0.25, 0.3) is 0 Å². The molecule has 2 rings (SSSR count). The van der Waals surface area contributed by atoms with E-state index in [2.05, 4.69) is 17.1 Å². The molecule has 0 spiro atoms. The van der Waals surface area contributed by atoms with Crippen molar-refractivity contribution in [1.82, 2.24) is 15.1 Å². The van der Waals surface area contributed by atoms with Crippen LogP contribution >= 0.6 is 11.6 Å². The highest BCUT2D eigenvalue weighted by Gasteiger charge is 2.39. The lowest BCUT2D eigenvalue weighted by Crippen LogP contribution is -2.39. The number of hydrogen-bond acceptors (Lipinski definition) is 3. The zero-order valence-electron chi connectivity index (χ0n) is 13.1. The summed E-state index contributed by atoms with van der Waals surface area (Å²) in [6.45, 7) is 4.98. The smallest absolute Gasteiger partial charge is 0.241 e. The maximum absolute atomic E-state index is 12.5. The van der Waals surface area contributed by atoms with Crippen molar-refractivity contribution in [3.63, 3.8) is 0 Å². The lowest BCUT2D eigenvalue weighted by atomic mass is 10.1. The largest absolute Gasteiger partial charge is 0.319 e. The molecule has 1 aromatic carbocycles. The van der Waals surface area contributed by atoms with Gasteiger partial charge < -0.3 is 9.80 Å². The SMILES string of the molecule is CC1NC(c2cccc(Cl)c2)N(C(C)CCN(C)C)C1=O. The zero-order chi connectivity index (χ0) is 15.6. The second-order valence-corrected chi connectivity index (χ2v) is 6.47. The Kier molecular flexibility index (Phi) is 5.25. The first kappa shape index (κ1) is 16.3. The van der Waals surface area contributed by atoms with E-state index in [9.17, 15) is 4.79 Å². The van der Waals surface area contributed by atoms with Crippen molar-refractivity contribution >= 4 is 17.5 Å². The molecule has 4 nitrogen and oxygen atoms in total. The third kappa shape index (κ3) is 3.76. The molecule has 3 atom stereocenters. The number of benzene rings is 1. The Labute approximate surface area is 132 Å². The second kappa shape index (κ2) is 6.77. The van der Waals surface area contributed by atoms with Crippen LogP contribution in [0, 0.1) is 0 Å². The number of carbonyl (C=O) groups excluding carboxylic acids is 1. The number of halogens is 1. The normalized spacial score (nSPS) is 23.9. The molecular weight excluding hydrogens is 286 g/mol. The fourth-order valence-electron chi connectivity index (χ4n) is 2.73. The molecule has 0 aromatic heterocycles. The molecule has 0 radical (unpaired) electrons. The van der Waals surface area contributed by atoms with Gasteiger partial charge in [-0.15, -0.1) is 0 Å². The molecule has 1 N–H and O–H groups in total. The number of rotatable bonds is 5. The van der Waals surface area contributed by atoms with Crippen LogP contribution in [0.15, 0.2) is 24.3 Å². The first-order valence-corrected chi connectivity index (χ1v) is 7.76. The third-order valence-corrected chi connectivity index (χ3v) is 4.18. The minimum atomic E-state index is -0.157. The molecule has 1 aliphatic heterocycles. The summed E-state index contributed by atoms with van der Waals surface area (Å²) in [5.74, 6) is 0.159. The van der Waals surface area contributed by atoms with Gasteiger partial charge in [0.1, 0.15) is 6.17 Å². The number of nitrogens with zero attached hydrogens (tertiary/aromatic N) is 2. The van der Waals surface area contributed by atoms with Crippen LogP contribution in [0.5, 0.6) is 0 Å². The van der Waals surface area contributed by atoms with Gasteiger partial charge in [0.25, 0.3) is 0 Å². The number of carbonyl (C=O) groups is 1. The Bertz CT molecular complexity index is 506. The molecule has 21 heavy (non-hydrogen) atoms. The van der Waals surface area contributed by atoms with Gasteiger partial charge in [0.2, 0.25) is 5.91 Å². The van der Waals surface area contributed by atoms with Gasteiger partial charge in [0.15, 0.2) is 0 Å². The molecule has 1 amide bonds. The summed E-state index contributed by atoms with van der Waals surface area (Å²) in [4.78, 5) is 16.6. The molecule has 3 unspecified atom stereocenters. The van der Waals surface area contributed by atoms with Crippen LogP contribution in [0.1, 0.15) is 32.0 Å². The van der Waals surface area contributed by atoms with Crippen molar-refractivity contribution in [2.24, 2.45) is 0 Å². The van der Waals surface area contributed by atoms with E-state index in [0.29, 0.717) is 5.02 Å². The van der Waals surface area contributed by atoms with E-state index >= 15 is 0 Å². The Morgan fingerprint density at radius 1 is 1.43 bits per heavy atom. The van der Waals surface area contributed by atoms with Gasteiger partial charge in [-0.25, -0.2) is 0 Å². The molecule has 0 aliphatic carbocycles. The van der Waals surface area contributed by atoms with E-state index in [-0.39, 0.29) is 24.2 Å². The van der Waals surface area contributed by atoms with Crippen molar-refractivity contribution < 1.29 is 4.79 Å². The first-order chi connectivity index (χ1) is 9.90. The highest BCUT2D eigenvalue weighted by molar-refractivity contribution is 6.30. The Morgan fingerprint density at radius 2 is 2.14 bits per heavy atom. The van der Waals surface area contributed by atoms with Crippen LogP contribution in [0.4, 0.5) is 0 Å². The summed E-state index contributed by atoms with van der Waals surface area (Å²) in [6.07, 6.45) is 0.855. The molecule has 1 aromatic rings. The summed E-state index contributed by atoms with van der Waals surface area (Å²) in [5, 5.41) is 4.07. The maximum atomic E-state index is 12.5. The van der Waals surface area contributed by atoms with Crippen LogP contribution in [-0.2, 0) is 4.79 Å². The number of hydrogen-bond donors (Lipinski definition) is 1. The average Bonchev–Trinajstić information content (AvgIpc) is 2.72. The quantitative estimate of drug-likeness (QED) is 0.908. The summed E-state index contributed by atoms with van der Waals surface area (Å²) in [5.41, 5.74) is 1.04. The van der Waals surface area contributed by atoms with Crippen LogP contribution in [-0.4, -0.2) is 48.4 Å². The maximum Gasteiger partial charge on any atom is 0.241 e. The molecule has 0 bridgehead atoms. The number of nitrogens with one attached hydrogen (secondary N) is 1. The predicted molar refractivity (Wildman–Crippen MR) is 86.3 cm³/mol. The van der Waals surface area contributed by atoms with Gasteiger partial charge in [0.05, 0.1) is 6.04 Å².